The third-order valence-electron chi connectivity index (χ3n) is 2.20. The van der Waals surface area contributed by atoms with Crippen molar-refractivity contribution >= 4 is 27.3 Å². The van der Waals surface area contributed by atoms with E-state index in [0.29, 0.717) is 0 Å². The van der Waals surface area contributed by atoms with Crippen LogP contribution in [0.5, 0.6) is 0 Å². The van der Waals surface area contributed by atoms with E-state index in [4.69, 9.17) is 0 Å². The van der Waals surface area contributed by atoms with Gasteiger partial charge in [0, 0.05) is 14.7 Å². The smallest absolute Gasteiger partial charge is 0.0983 e. The highest BCUT2D eigenvalue weighted by atomic mass is 79.9. The van der Waals surface area contributed by atoms with Crippen LogP contribution in [0.15, 0.2) is 15.9 Å². The zero-order valence-corrected chi connectivity index (χ0v) is 9.70. The van der Waals surface area contributed by atoms with Crippen molar-refractivity contribution in [3.05, 3.63) is 20.8 Å². The minimum atomic E-state index is -0.614. The maximum Gasteiger partial charge on any atom is 0.0983 e. The van der Waals surface area contributed by atoms with Crippen molar-refractivity contribution in [3.63, 3.8) is 0 Å². The summed E-state index contributed by atoms with van der Waals surface area (Å²) < 4.78 is 1.06. The molecule has 0 spiro atoms. The molecule has 0 aromatic carbocycles. The molecule has 0 aliphatic carbocycles. The lowest BCUT2D eigenvalue weighted by Gasteiger charge is -2.23. The van der Waals surface area contributed by atoms with E-state index in [1.54, 1.807) is 11.3 Å². The number of hydrogen-bond donors (Lipinski definition) is 1. The summed E-state index contributed by atoms with van der Waals surface area (Å²) >= 11 is 4.99. The molecule has 0 fully saturated rings. The first-order chi connectivity index (χ1) is 5.62. The molecule has 1 N–H and O–H groups in total. The van der Waals surface area contributed by atoms with E-state index in [2.05, 4.69) is 15.9 Å². The van der Waals surface area contributed by atoms with Gasteiger partial charge in [0.2, 0.25) is 0 Å². The van der Waals surface area contributed by atoms with Crippen molar-refractivity contribution in [2.45, 2.75) is 32.3 Å². The van der Waals surface area contributed by atoms with Crippen LogP contribution in [0, 0.1) is 0 Å². The molecular weight excluding hydrogens is 236 g/mol. The van der Waals surface area contributed by atoms with Crippen LogP contribution in [0.2, 0.25) is 0 Å². The Bertz CT molecular complexity index is 253. The SMILES string of the molecule is CCC(O)(CC)c1cc(Br)cs1. The first kappa shape index (κ1) is 10.2. The Balaban J connectivity index is 2.94. The van der Waals surface area contributed by atoms with Crippen molar-refractivity contribution < 1.29 is 5.11 Å². The van der Waals surface area contributed by atoms with Crippen molar-refractivity contribution in [1.29, 1.82) is 0 Å². The highest BCUT2D eigenvalue weighted by Gasteiger charge is 2.26. The van der Waals surface area contributed by atoms with E-state index >= 15 is 0 Å². The maximum atomic E-state index is 10.1. The Morgan fingerprint density at radius 1 is 1.50 bits per heavy atom. The molecule has 1 aromatic rings. The van der Waals surface area contributed by atoms with Crippen molar-refractivity contribution in [2.75, 3.05) is 0 Å². The van der Waals surface area contributed by atoms with E-state index in [-0.39, 0.29) is 0 Å². The first-order valence-corrected chi connectivity index (χ1v) is 5.76. The zero-order chi connectivity index (χ0) is 9.19. The van der Waals surface area contributed by atoms with Crippen LogP contribution in [0.3, 0.4) is 0 Å². The third-order valence-corrected chi connectivity index (χ3v) is 4.08. The summed E-state index contributed by atoms with van der Waals surface area (Å²) in [7, 11) is 0. The van der Waals surface area contributed by atoms with Crippen LogP contribution in [0.4, 0.5) is 0 Å². The van der Waals surface area contributed by atoms with Gasteiger partial charge in [-0.15, -0.1) is 11.3 Å². The highest BCUT2D eigenvalue weighted by molar-refractivity contribution is 9.10. The van der Waals surface area contributed by atoms with Gasteiger partial charge in [-0.2, -0.15) is 0 Å². The quantitative estimate of drug-likeness (QED) is 0.868. The lowest BCUT2D eigenvalue weighted by atomic mass is 9.96. The second kappa shape index (κ2) is 3.90. The zero-order valence-electron chi connectivity index (χ0n) is 7.30. The van der Waals surface area contributed by atoms with Gasteiger partial charge in [-0.3, -0.25) is 0 Å². The van der Waals surface area contributed by atoms with Crippen LogP contribution < -0.4 is 0 Å². The van der Waals surface area contributed by atoms with Crippen LogP contribution in [0.1, 0.15) is 31.6 Å². The van der Waals surface area contributed by atoms with Crippen molar-refractivity contribution in [2.24, 2.45) is 0 Å². The Morgan fingerprint density at radius 2 is 2.08 bits per heavy atom. The van der Waals surface area contributed by atoms with Gasteiger partial charge in [0.05, 0.1) is 5.60 Å². The van der Waals surface area contributed by atoms with Crippen molar-refractivity contribution in [1.82, 2.24) is 0 Å². The molecule has 0 amide bonds. The summed E-state index contributed by atoms with van der Waals surface area (Å²) in [5.74, 6) is 0. The van der Waals surface area contributed by atoms with E-state index in [1.165, 1.54) is 0 Å². The molecule has 0 aliphatic rings. The summed E-state index contributed by atoms with van der Waals surface area (Å²) in [4.78, 5) is 1.05. The van der Waals surface area contributed by atoms with Gasteiger partial charge in [-0.05, 0) is 34.8 Å². The molecule has 0 aliphatic heterocycles. The molecule has 0 saturated carbocycles. The summed E-state index contributed by atoms with van der Waals surface area (Å²) in [6.45, 7) is 4.02. The van der Waals surface area contributed by atoms with Crippen molar-refractivity contribution in [3.8, 4) is 0 Å². The molecule has 0 unspecified atom stereocenters. The Kier molecular flexibility index (Phi) is 3.32. The second-order valence-electron chi connectivity index (χ2n) is 2.87. The first-order valence-electron chi connectivity index (χ1n) is 4.09. The molecular formula is C9H13BrOS. The van der Waals surface area contributed by atoms with Crippen LogP contribution >= 0.6 is 27.3 Å². The fourth-order valence-electron chi connectivity index (χ4n) is 1.16. The monoisotopic (exact) mass is 248 g/mol. The highest BCUT2D eigenvalue weighted by Crippen LogP contribution is 2.34. The average molecular weight is 249 g/mol. The Hall–Kier alpha value is 0.140. The minimum Gasteiger partial charge on any atom is -0.384 e. The molecule has 0 saturated heterocycles. The minimum absolute atomic E-state index is 0.614. The predicted molar refractivity (Wildman–Crippen MR) is 56.5 cm³/mol. The summed E-state index contributed by atoms with van der Waals surface area (Å²) in [5.41, 5.74) is -0.614. The molecule has 1 aromatic heterocycles. The molecule has 1 nitrogen and oxygen atoms in total. The number of rotatable bonds is 3. The predicted octanol–water partition coefficient (Wildman–Crippen LogP) is 3.52. The molecule has 0 radical (unpaired) electrons. The van der Waals surface area contributed by atoms with Crippen LogP contribution in [0.25, 0.3) is 0 Å². The number of halogens is 1. The van der Waals surface area contributed by atoms with Gasteiger partial charge in [-0.1, -0.05) is 13.8 Å². The molecule has 0 atom stereocenters. The summed E-state index contributed by atoms with van der Waals surface area (Å²) in [6.07, 6.45) is 1.55. The maximum absolute atomic E-state index is 10.1. The topological polar surface area (TPSA) is 20.2 Å². The van der Waals surface area contributed by atoms with E-state index < -0.39 is 5.60 Å². The fourth-order valence-corrected chi connectivity index (χ4v) is 2.83. The van der Waals surface area contributed by atoms with E-state index in [9.17, 15) is 5.11 Å². The normalized spacial score (nSPS) is 12.0. The third kappa shape index (κ3) is 1.90. The number of thiophene rings is 1. The fraction of sp³-hybridized carbons (Fsp3) is 0.556. The molecule has 0 bridgehead atoms. The number of aliphatic hydroxyl groups is 1. The standard InChI is InChI=1S/C9H13BrOS/c1-3-9(11,4-2)8-5-7(10)6-12-8/h5-6,11H,3-4H2,1-2H3. The van der Waals surface area contributed by atoms with Gasteiger partial charge in [0.1, 0.15) is 0 Å². The van der Waals surface area contributed by atoms with Gasteiger partial charge in [-0.25, -0.2) is 0 Å². The molecule has 68 valence electrons. The van der Waals surface area contributed by atoms with Gasteiger partial charge >= 0.3 is 0 Å². The van der Waals surface area contributed by atoms with E-state index in [1.807, 2.05) is 25.3 Å². The van der Waals surface area contributed by atoms with Gasteiger partial charge < -0.3 is 5.11 Å². The van der Waals surface area contributed by atoms with E-state index in [0.717, 1.165) is 22.2 Å². The lowest BCUT2D eigenvalue weighted by molar-refractivity contribution is 0.0321. The summed E-state index contributed by atoms with van der Waals surface area (Å²) in [6, 6.07) is 2.00. The Morgan fingerprint density at radius 3 is 2.42 bits per heavy atom. The van der Waals surface area contributed by atoms with Gasteiger partial charge in [0.15, 0.2) is 0 Å². The molecule has 1 rings (SSSR count). The summed E-state index contributed by atoms with van der Waals surface area (Å²) in [5, 5.41) is 12.1. The lowest BCUT2D eigenvalue weighted by Crippen LogP contribution is -2.21. The molecule has 3 heteroatoms. The second-order valence-corrected chi connectivity index (χ2v) is 4.69. The molecule has 12 heavy (non-hydrogen) atoms. The Labute approximate surface area is 85.6 Å². The largest absolute Gasteiger partial charge is 0.384 e. The van der Waals surface area contributed by atoms with Gasteiger partial charge in [0.25, 0.3) is 0 Å². The molecule has 1 heterocycles. The van der Waals surface area contributed by atoms with Crippen LogP contribution in [-0.2, 0) is 5.60 Å². The van der Waals surface area contributed by atoms with Crippen LogP contribution in [-0.4, -0.2) is 5.11 Å². The average Bonchev–Trinajstić information content (AvgIpc) is 2.51. The number of hydrogen-bond acceptors (Lipinski definition) is 2.